The van der Waals surface area contributed by atoms with Gasteiger partial charge in [0.2, 0.25) is 6.29 Å². The highest BCUT2D eigenvalue weighted by molar-refractivity contribution is 5.38. The first-order valence-corrected chi connectivity index (χ1v) is 5.90. The Kier molecular flexibility index (Phi) is 4.08. The summed E-state index contributed by atoms with van der Waals surface area (Å²) in [5.74, 6) is 3.12. The van der Waals surface area contributed by atoms with Gasteiger partial charge >= 0.3 is 0 Å². The van der Waals surface area contributed by atoms with E-state index in [0.717, 1.165) is 5.56 Å². The fourth-order valence-electron chi connectivity index (χ4n) is 1.91. The molecule has 0 saturated carbocycles. The summed E-state index contributed by atoms with van der Waals surface area (Å²) in [6.45, 7) is 0.474. The first-order chi connectivity index (χ1) is 8.67. The van der Waals surface area contributed by atoms with E-state index in [0.29, 0.717) is 31.6 Å². The van der Waals surface area contributed by atoms with Crippen LogP contribution in [0.3, 0.4) is 0 Å². The number of phenols is 1. The van der Waals surface area contributed by atoms with Gasteiger partial charge in [-0.1, -0.05) is 0 Å². The van der Waals surface area contributed by atoms with Gasteiger partial charge in [0.25, 0.3) is 0 Å². The molecular formula is C14H16O4. The van der Waals surface area contributed by atoms with Crippen LogP contribution >= 0.6 is 0 Å². The molecule has 1 aromatic rings. The molecule has 0 spiro atoms. The van der Waals surface area contributed by atoms with Crippen molar-refractivity contribution in [3.63, 3.8) is 0 Å². The van der Waals surface area contributed by atoms with Gasteiger partial charge in [-0.05, 0) is 24.1 Å². The average Bonchev–Trinajstić information content (AvgIpc) is 2.28. The number of rotatable bonds is 3. The van der Waals surface area contributed by atoms with Crippen LogP contribution in [0.4, 0.5) is 0 Å². The lowest BCUT2D eigenvalue weighted by atomic mass is 10.1. The largest absolute Gasteiger partial charge is 0.508 e. The van der Waals surface area contributed by atoms with E-state index in [-0.39, 0.29) is 5.75 Å². The molecule has 0 aromatic heterocycles. The highest BCUT2D eigenvalue weighted by atomic mass is 16.7. The number of benzene rings is 1. The van der Waals surface area contributed by atoms with E-state index in [4.69, 9.17) is 15.9 Å². The minimum absolute atomic E-state index is 0.106. The fraction of sp³-hybridized carbons (Fsp3) is 0.429. The Labute approximate surface area is 106 Å². The van der Waals surface area contributed by atoms with E-state index >= 15 is 0 Å². The molecule has 2 rings (SSSR count). The van der Waals surface area contributed by atoms with Gasteiger partial charge in [-0.25, -0.2) is 0 Å². The Morgan fingerprint density at radius 2 is 2.28 bits per heavy atom. The number of hydrogen-bond donors (Lipinski definition) is 2. The van der Waals surface area contributed by atoms with Gasteiger partial charge in [-0.15, -0.1) is 12.3 Å². The van der Waals surface area contributed by atoms with Crippen molar-refractivity contribution in [2.24, 2.45) is 0 Å². The molecule has 1 aliphatic rings. The maximum Gasteiger partial charge on any atom is 0.202 e. The van der Waals surface area contributed by atoms with Crippen LogP contribution in [0.1, 0.15) is 18.4 Å². The van der Waals surface area contributed by atoms with Crippen molar-refractivity contribution in [2.75, 3.05) is 6.61 Å². The lowest BCUT2D eigenvalue weighted by Crippen LogP contribution is -2.32. The molecule has 0 amide bonds. The van der Waals surface area contributed by atoms with E-state index in [9.17, 15) is 10.2 Å². The monoisotopic (exact) mass is 248 g/mol. The van der Waals surface area contributed by atoms with Crippen molar-refractivity contribution in [3.05, 3.63) is 23.8 Å². The zero-order valence-corrected chi connectivity index (χ0v) is 10.0. The maximum absolute atomic E-state index is 9.56. The first-order valence-electron chi connectivity index (χ1n) is 5.90. The standard InChI is InChI=1S/C14H16O4/c1-2-3-10-6-12(16)8-13(7-10)18-14-9-11(15)4-5-17-14/h1,6-8,11,14-16H,3-5,9H2. The zero-order chi connectivity index (χ0) is 13.0. The molecular weight excluding hydrogens is 232 g/mol. The Hall–Kier alpha value is -1.70. The molecule has 4 nitrogen and oxygen atoms in total. The maximum atomic E-state index is 9.56. The third kappa shape index (κ3) is 3.39. The molecule has 2 atom stereocenters. The van der Waals surface area contributed by atoms with E-state index < -0.39 is 12.4 Å². The van der Waals surface area contributed by atoms with Crippen LogP contribution in [0.5, 0.6) is 11.5 Å². The molecule has 1 fully saturated rings. The quantitative estimate of drug-likeness (QED) is 0.795. The molecule has 2 unspecified atom stereocenters. The summed E-state index contributed by atoms with van der Waals surface area (Å²) in [4.78, 5) is 0. The summed E-state index contributed by atoms with van der Waals surface area (Å²) >= 11 is 0. The number of ether oxygens (including phenoxy) is 2. The van der Waals surface area contributed by atoms with Gasteiger partial charge in [-0.2, -0.15) is 0 Å². The van der Waals surface area contributed by atoms with E-state index in [2.05, 4.69) is 5.92 Å². The van der Waals surface area contributed by atoms with Crippen LogP contribution in [0.15, 0.2) is 18.2 Å². The van der Waals surface area contributed by atoms with Crippen molar-refractivity contribution < 1.29 is 19.7 Å². The summed E-state index contributed by atoms with van der Waals surface area (Å²) in [6.07, 6.45) is 5.85. The van der Waals surface area contributed by atoms with Crippen molar-refractivity contribution >= 4 is 0 Å². The summed E-state index contributed by atoms with van der Waals surface area (Å²) in [5, 5.41) is 19.1. The number of aliphatic hydroxyl groups excluding tert-OH is 1. The second-order valence-electron chi connectivity index (χ2n) is 4.31. The van der Waals surface area contributed by atoms with E-state index in [1.807, 2.05) is 0 Å². The summed E-state index contributed by atoms with van der Waals surface area (Å²) in [7, 11) is 0. The summed E-state index contributed by atoms with van der Waals surface area (Å²) in [5.41, 5.74) is 0.809. The highest BCUT2D eigenvalue weighted by Gasteiger charge is 2.22. The third-order valence-electron chi connectivity index (χ3n) is 2.74. The Morgan fingerprint density at radius 3 is 3.00 bits per heavy atom. The Morgan fingerprint density at radius 1 is 1.44 bits per heavy atom. The second kappa shape index (κ2) is 5.76. The average molecular weight is 248 g/mol. The van der Waals surface area contributed by atoms with Crippen LogP contribution in [-0.4, -0.2) is 29.2 Å². The lowest BCUT2D eigenvalue weighted by Gasteiger charge is -2.27. The van der Waals surface area contributed by atoms with Crippen LogP contribution in [0.2, 0.25) is 0 Å². The number of aromatic hydroxyl groups is 1. The summed E-state index contributed by atoms with van der Waals surface area (Å²) in [6, 6.07) is 4.87. The molecule has 1 saturated heterocycles. The molecule has 1 aliphatic heterocycles. The SMILES string of the molecule is C#CCc1cc(O)cc(OC2CC(O)CCO2)c1. The topological polar surface area (TPSA) is 58.9 Å². The van der Waals surface area contributed by atoms with Gasteiger partial charge in [0.1, 0.15) is 11.5 Å². The van der Waals surface area contributed by atoms with Crippen molar-refractivity contribution in [2.45, 2.75) is 31.7 Å². The smallest absolute Gasteiger partial charge is 0.202 e. The van der Waals surface area contributed by atoms with Crippen molar-refractivity contribution in [1.82, 2.24) is 0 Å². The third-order valence-corrected chi connectivity index (χ3v) is 2.74. The molecule has 1 aromatic carbocycles. The van der Waals surface area contributed by atoms with Crippen molar-refractivity contribution in [3.8, 4) is 23.8 Å². The van der Waals surface area contributed by atoms with Gasteiger partial charge in [0, 0.05) is 18.9 Å². The number of terminal acetylenes is 1. The van der Waals surface area contributed by atoms with Gasteiger partial charge in [-0.3, -0.25) is 0 Å². The van der Waals surface area contributed by atoms with Gasteiger partial charge < -0.3 is 19.7 Å². The number of hydrogen-bond acceptors (Lipinski definition) is 4. The minimum Gasteiger partial charge on any atom is -0.508 e. The molecule has 0 aliphatic carbocycles. The zero-order valence-electron chi connectivity index (χ0n) is 10.0. The molecule has 96 valence electrons. The molecule has 4 heteroatoms. The van der Waals surface area contributed by atoms with Gasteiger partial charge in [0.05, 0.1) is 12.7 Å². The van der Waals surface area contributed by atoms with Gasteiger partial charge in [0.15, 0.2) is 0 Å². The number of phenolic OH excluding ortho intramolecular Hbond substituents is 1. The van der Waals surface area contributed by atoms with Crippen LogP contribution in [0.25, 0.3) is 0 Å². The predicted octanol–water partition coefficient (Wildman–Crippen LogP) is 1.44. The molecule has 18 heavy (non-hydrogen) atoms. The first kappa shape index (κ1) is 12.7. The Bertz CT molecular complexity index is 450. The van der Waals surface area contributed by atoms with E-state index in [1.54, 1.807) is 12.1 Å². The molecule has 1 heterocycles. The molecule has 2 N–H and O–H groups in total. The normalized spacial score (nSPS) is 23.3. The van der Waals surface area contributed by atoms with Crippen LogP contribution < -0.4 is 4.74 Å². The summed E-state index contributed by atoms with van der Waals surface area (Å²) < 4.78 is 11.0. The Balaban J connectivity index is 2.06. The van der Waals surface area contributed by atoms with E-state index in [1.165, 1.54) is 6.07 Å². The van der Waals surface area contributed by atoms with Crippen LogP contribution in [0, 0.1) is 12.3 Å². The second-order valence-corrected chi connectivity index (χ2v) is 4.31. The lowest BCUT2D eigenvalue weighted by molar-refractivity contribution is -0.137. The molecule has 0 bridgehead atoms. The predicted molar refractivity (Wildman–Crippen MR) is 66.3 cm³/mol. The van der Waals surface area contributed by atoms with Crippen LogP contribution in [-0.2, 0) is 11.2 Å². The van der Waals surface area contributed by atoms with Crippen molar-refractivity contribution in [1.29, 1.82) is 0 Å². The fourth-order valence-corrected chi connectivity index (χ4v) is 1.91. The number of aliphatic hydroxyl groups is 1. The highest BCUT2D eigenvalue weighted by Crippen LogP contribution is 2.25. The minimum atomic E-state index is -0.478. The molecule has 0 radical (unpaired) electrons.